The smallest absolute Gasteiger partial charge is 0.164 e. The molecular formula is C22H27N7O. The lowest BCUT2D eigenvalue weighted by Gasteiger charge is -2.35. The van der Waals surface area contributed by atoms with Crippen LogP contribution in [0.25, 0.3) is 22.4 Å². The lowest BCUT2D eigenvalue weighted by atomic mass is 10.1. The Balaban J connectivity index is 1.67. The number of ether oxygens (including phenoxy) is 1. The minimum atomic E-state index is 0.184. The van der Waals surface area contributed by atoms with Crippen molar-refractivity contribution < 1.29 is 4.74 Å². The predicted octanol–water partition coefficient (Wildman–Crippen LogP) is 3.60. The van der Waals surface area contributed by atoms with Crippen molar-refractivity contribution in [2.75, 3.05) is 30.0 Å². The summed E-state index contributed by atoms with van der Waals surface area (Å²) in [5, 5.41) is 12.8. The molecule has 0 aromatic carbocycles. The molecule has 8 nitrogen and oxygen atoms in total. The van der Waals surface area contributed by atoms with E-state index in [0.717, 1.165) is 53.2 Å². The fraction of sp³-hybridized carbons (Fsp3) is 0.455. The SMILES string of the molecule is C[C@@H]1COCCN1c1nc(-c2ccnc3[nH]ccc23)nc(NC2CCCC2)c1C=N. The van der Waals surface area contributed by atoms with Gasteiger partial charge in [0.1, 0.15) is 17.3 Å². The predicted molar refractivity (Wildman–Crippen MR) is 119 cm³/mol. The van der Waals surface area contributed by atoms with Gasteiger partial charge in [0, 0.05) is 42.1 Å². The maximum absolute atomic E-state index is 8.15. The van der Waals surface area contributed by atoms with Gasteiger partial charge in [-0.1, -0.05) is 12.8 Å². The summed E-state index contributed by atoms with van der Waals surface area (Å²) in [5.74, 6) is 2.20. The third-order valence-corrected chi connectivity index (χ3v) is 6.11. The average Bonchev–Trinajstić information content (AvgIpc) is 3.45. The molecule has 2 aliphatic rings. The van der Waals surface area contributed by atoms with Gasteiger partial charge in [-0.25, -0.2) is 15.0 Å². The fourth-order valence-corrected chi connectivity index (χ4v) is 4.50. The van der Waals surface area contributed by atoms with Gasteiger partial charge in [0.05, 0.1) is 24.8 Å². The van der Waals surface area contributed by atoms with E-state index in [2.05, 4.69) is 27.1 Å². The number of nitrogens with zero attached hydrogens (tertiary/aromatic N) is 4. The van der Waals surface area contributed by atoms with Gasteiger partial charge in [-0.05, 0) is 31.9 Å². The van der Waals surface area contributed by atoms with E-state index in [4.69, 9.17) is 20.1 Å². The zero-order chi connectivity index (χ0) is 20.5. The van der Waals surface area contributed by atoms with Crippen LogP contribution < -0.4 is 10.2 Å². The third-order valence-electron chi connectivity index (χ3n) is 6.11. The third kappa shape index (κ3) is 3.41. The van der Waals surface area contributed by atoms with Crippen LogP contribution in [0, 0.1) is 5.41 Å². The van der Waals surface area contributed by atoms with E-state index in [0.29, 0.717) is 25.1 Å². The minimum absolute atomic E-state index is 0.184. The molecule has 0 amide bonds. The van der Waals surface area contributed by atoms with E-state index in [-0.39, 0.29) is 6.04 Å². The number of rotatable bonds is 5. The molecule has 0 radical (unpaired) electrons. The zero-order valence-electron chi connectivity index (χ0n) is 17.2. The van der Waals surface area contributed by atoms with Gasteiger partial charge >= 0.3 is 0 Å². The molecule has 1 atom stereocenters. The molecule has 3 aromatic heterocycles. The Kier molecular flexibility index (Phi) is 5.08. The summed E-state index contributed by atoms with van der Waals surface area (Å²) < 4.78 is 5.64. The van der Waals surface area contributed by atoms with E-state index < -0.39 is 0 Å². The van der Waals surface area contributed by atoms with Gasteiger partial charge in [-0.15, -0.1) is 0 Å². The van der Waals surface area contributed by atoms with Crippen LogP contribution in [0.1, 0.15) is 38.2 Å². The number of aromatic nitrogens is 4. The topological polar surface area (TPSA) is 103 Å². The van der Waals surface area contributed by atoms with Crippen molar-refractivity contribution in [3.63, 3.8) is 0 Å². The van der Waals surface area contributed by atoms with E-state index in [9.17, 15) is 0 Å². The highest BCUT2D eigenvalue weighted by Gasteiger charge is 2.27. The lowest BCUT2D eigenvalue weighted by molar-refractivity contribution is 0.0985. The van der Waals surface area contributed by atoms with Crippen molar-refractivity contribution in [2.24, 2.45) is 0 Å². The van der Waals surface area contributed by atoms with Crippen LogP contribution in [0.5, 0.6) is 0 Å². The molecule has 30 heavy (non-hydrogen) atoms. The molecule has 0 unspecified atom stereocenters. The number of nitrogens with one attached hydrogen (secondary N) is 3. The number of morpholine rings is 1. The van der Waals surface area contributed by atoms with Gasteiger partial charge in [-0.2, -0.15) is 0 Å². The number of aromatic amines is 1. The van der Waals surface area contributed by atoms with E-state index in [1.807, 2.05) is 18.3 Å². The van der Waals surface area contributed by atoms with Crippen LogP contribution >= 0.6 is 0 Å². The van der Waals surface area contributed by atoms with E-state index >= 15 is 0 Å². The first kappa shape index (κ1) is 19.0. The Bertz CT molecular complexity index is 1060. The Labute approximate surface area is 175 Å². The second-order valence-corrected chi connectivity index (χ2v) is 8.12. The molecule has 8 heteroatoms. The van der Waals surface area contributed by atoms with Crippen LogP contribution in [-0.4, -0.2) is 58.0 Å². The summed E-state index contributed by atoms with van der Waals surface area (Å²) in [4.78, 5) is 19.7. The first-order chi connectivity index (χ1) is 14.7. The molecule has 4 heterocycles. The van der Waals surface area contributed by atoms with Crippen molar-refractivity contribution in [3.8, 4) is 11.4 Å². The number of H-pyrrole nitrogens is 1. The van der Waals surface area contributed by atoms with Gasteiger partial charge < -0.3 is 25.3 Å². The van der Waals surface area contributed by atoms with Crippen molar-refractivity contribution in [2.45, 2.75) is 44.7 Å². The number of pyridine rings is 1. The summed E-state index contributed by atoms with van der Waals surface area (Å²) in [5.41, 5.74) is 2.51. The molecule has 3 aromatic rings. The molecule has 2 fully saturated rings. The quantitative estimate of drug-likeness (QED) is 0.561. The molecule has 0 bridgehead atoms. The summed E-state index contributed by atoms with van der Waals surface area (Å²) in [6.45, 7) is 4.19. The number of fused-ring (bicyclic) bond motifs is 1. The van der Waals surface area contributed by atoms with E-state index in [1.165, 1.54) is 19.1 Å². The Morgan fingerprint density at radius 2 is 2.13 bits per heavy atom. The summed E-state index contributed by atoms with van der Waals surface area (Å²) in [6, 6.07) is 4.55. The van der Waals surface area contributed by atoms with Crippen molar-refractivity contribution in [1.29, 1.82) is 5.41 Å². The van der Waals surface area contributed by atoms with E-state index in [1.54, 1.807) is 6.20 Å². The average molecular weight is 406 g/mol. The highest BCUT2D eigenvalue weighted by atomic mass is 16.5. The van der Waals surface area contributed by atoms with Crippen molar-refractivity contribution in [1.82, 2.24) is 19.9 Å². The fourth-order valence-electron chi connectivity index (χ4n) is 4.50. The van der Waals surface area contributed by atoms with Gasteiger partial charge in [0.15, 0.2) is 5.82 Å². The molecule has 156 valence electrons. The van der Waals surface area contributed by atoms with Gasteiger partial charge in [0.2, 0.25) is 0 Å². The monoisotopic (exact) mass is 405 g/mol. The number of hydrogen-bond donors (Lipinski definition) is 3. The molecule has 0 spiro atoms. The minimum Gasteiger partial charge on any atom is -0.377 e. The molecule has 3 N–H and O–H groups in total. The number of anilines is 2. The maximum Gasteiger partial charge on any atom is 0.164 e. The Hall–Kier alpha value is -3.00. The van der Waals surface area contributed by atoms with Crippen LogP contribution in [0.15, 0.2) is 24.5 Å². The standard InChI is InChI=1S/C22H27N7O/c1-14-13-30-11-10-29(14)22-18(12-23)21(26-15-4-2-3-5-15)27-20(28-22)17-7-9-25-19-16(17)6-8-24-19/h6-9,12,14-15,23H,2-5,10-11,13H2,1H3,(H,24,25)(H,26,27,28)/t14-/m1/s1. The largest absolute Gasteiger partial charge is 0.377 e. The second kappa shape index (κ2) is 8.02. The summed E-state index contributed by atoms with van der Waals surface area (Å²) in [7, 11) is 0. The maximum atomic E-state index is 8.15. The van der Waals surface area contributed by atoms with Gasteiger partial charge in [0.25, 0.3) is 0 Å². The molecule has 1 saturated carbocycles. The summed E-state index contributed by atoms with van der Waals surface area (Å²) in [6.07, 6.45) is 9.79. The molecule has 1 aliphatic carbocycles. The highest BCUT2D eigenvalue weighted by molar-refractivity contribution is 5.95. The second-order valence-electron chi connectivity index (χ2n) is 8.12. The summed E-state index contributed by atoms with van der Waals surface area (Å²) >= 11 is 0. The number of hydrogen-bond acceptors (Lipinski definition) is 7. The molecule has 1 saturated heterocycles. The van der Waals surface area contributed by atoms with Crippen molar-refractivity contribution in [3.05, 3.63) is 30.1 Å². The molecule has 5 rings (SSSR count). The molecule has 1 aliphatic heterocycles. The van der Waals surface area contributed by atoms with Crippen LogP contribution in [0.4, 0.5) is 11.6 Å². The lowest BCUT2D eigenvalue weighted by Crippen LogP contribution is -2.44. The van der Waals surface area contributed by atoms with Crippen LogP contribution in [0.3, 0.4) is 0 Å². The zero-order valence-corrected chi connectivity index (χ0v) is 17.2. The van der Waals surface area contributed by atoms with Crippen molar-refractivity contribution >= 4 is 28.9 Å². The Morgan fingerprint density at radius 1 is 1.27 bits per heavy atom. The highest BCUT2D eigenvalue weighted by Crippen LogP contribution is 2.33. The molecular weight excluding hydrogens is 378 g/mol. The Morgan fingerprint density at radius 3 is 2.93 bits per heavy atom. The van der Waals surface area contributed by atoms with Crippen LogP contribution in [-0.2, 0) is 4.74 Å². The first-order valence-corrected chi connectivity index (χ1v) is 10.7. The first-order valence-electron chi connectivity index (χ1n) is 10.7. The normalized spacial score (nSPS) is 20.0. The van der Waals surface area contributed by atoms with Crippen LogP contribution in [0.2, 0.25) is 0 Å². The van der Waals surface area contributed by atoms with Gasteiger partial charge in [-0.3, -0.25) is 0 Å².